The van der Waals surface area contributed by atoms with Crippen LogP contribution in [0.1, 0.15) is 39.2 Å². The van der Waals surface area contributed by atoms with Crippen LogP contribution in [0.25, 0.3) is 0 Å². The summed E-state index contributed by atoms with van der Waals surface area (Å²) < 4.78 is 28.2. The van der Waals surface area contributed by atoms with Gasteiger partial charge in [0, 0.05) is 25.1 Å². The van der Waals surface area contributed by atoms with E-state index in [1.54, 1.807) is 45.0 Å². The Kier molecular flexibility index (Phi) is 13.1. The van der Waals surface area contributed by atoms with E-state index in [0.29, 0.717) is 11.3 Å². The molecule has 0 aliphatic rings. The van der Waals surface area contributed by atoms with Crippen LogP contribution in [0.4, 0.5) is 10.5 Å². The molecule has 2 amide bonds. The molecule has 0 aliphatic heterocycles. The number of rotatable bonds is 14. The molecule has 8 N–H and O–H groups in total. The van der Waals surface area contributed by atoms with Crippen LogP contribution in [0, 0.1) is 0 Å². The minimum absolute atomic E-state index is 0.0957. The number of hydrogen-bond donors (Lipinski definition) is 7. The number of aliphatic hydroxyl groups is 1. The van der Waals surface area contributed by atoms with Crippen LogP contribution in [-0.4, -0.2) is 84.8 Å². The second-order valence-corrected chi connectivity index (χ2v) is 14.8. The van der Waals surface area contributed by atoms with E-state index in [9.17, 15) is 23.8 Å². The summed E-state index contributed by atoms with van der Waals surface area (Å²) in [5, 5.41) is 8.74. The summed E-state index contributed by atoms with van der Waals surface area (Å²) in [6, 6.07) is 5.77. The Labute approximate surface area is 237 Å². The number of nitrogens with two attached hydrogens (primary N) is 1. The van der Waals surface area contributed by atoms with E-state index < -0.39 is 50.3 Å². The summed E-state index contributed by atoms with van der Waals surface area (Å²) in [6.07, 6.45) is -1.71. The van der Waals surface area contributed by atoms with Gasteiger partial charge >= 0.3 is 21.3 Å². The van der Waals surface area contributed by atoms with Gasteiger partial charge < -0.3 is 40.5 Å². The van der Waals surface area contributed by atoms with Crippen molar-refractivity contribution in [2.75, 3.05) is 31.4 Å². The molecule has 0 fully saturated rings. The third kappa shape index (κ3) is 9.76. The van der Waals surface area contributed by atoms with E-state index in [0.717, 1.165) is 0 Å². The summed E-state index contributed by atoms with van der Waals surface area (Å²) in [5.41, 5.74) is 6.49. The fourth-order valence-electron chi connectivity index (χ4n) is 3.69. The smallest absolute Gasteiger partial charge is 0.414 e. The highest BCUT2D eigenvalue weighted by Gasteiger charge is 2.58. The Morgan fingerprint density at radius 2 is 1.51 bits per heavy atom. The monoisotopic (exact) mass is 636 g/mol. The molecule has 1 aromatic carbocycles. The van der Waals surface area contributed by atoms with Crippen LogP contribution in [0.5, 0.6) is 0 Å². The number of alkyl halides is 2. The van der Waals surface area contributed by atoms with Gasteiger partial charge in [0.05, 0.1) is 17.8 Å². The van der Waals surface area contributed by atoms with Gasteiger partial charge in [-0.05, 0) is 39.2 Å². The summed E-state index contributed by atoms with van der Waals surface area (Å²) in [4.78, 5) is 62.2. The predicted molar refractivity (Wildman–Crippen MR) is 149 cm³/mol. The molecule has 0 unspecified atom stereocenters. The number of nitrogens with one attached hydrogen (secondary N) is 1. The molecule has 0 heterocycles. The highest BCUT2D eigenvalue weighted by Crippen LogP contribution is 2.69. The zero-order valence-electron chi connectivity index (χ0n) is 22.0. The fraction of sp³-hybridized carbons (Fsp3) is 0.636. The van der Waals surface area contributed by atoms with Crippen molar-refractivity contribution in [3.63, 3.8) is 0 Å². The Morgan fingerprint density at radius 1 is 1.03 bits per heavy atom. The minimum Gasteiger partial charge on any atom is -0.414 e. The van der Waals surface area contributed by atoms with Gasteiger partial charge in [-0.25, -0.2) is 0 Å². The molecular weight excluding hydrogens is 599 g/mol. The van der Waals surface area contributed by atoms with E-state index in [1.165, 1.54) is 0 Å². The number of quaternary nitrogens is 1. The molecule has 0 bridgehead atoms. The van der Waals surface area contributed by atoms with E-state index in [-0.39, 0.29) is 48.7 Å². The number of ether oxygens (including phenoxy) is 1. The van der Waals surface area contributed by atoms with Gasteiger partial charge in [0.2, 0.25) is 5.91 Å². The van der Waals surface area contributed by atoms with Gasteiger partial charge in [0.15, 0.2) is 0 Å². The molecule has 0 radical (unpaired) electrons. The van der Waals surface area contributed by atoms with Crippen molar-refractivity contribution in [1.82, 2.24) is 9.80 Å². The van der Waals surface area contributed by atoms with Crippen LogP contribution in [0.3, 0.4) is 0 Å². The number of hydrogen-bond acceptors (Lipinski definition) is 7. The molecule has 0 aromatic heterocycles. The lowest BCUT2D eigenvalue weighted by Gasteiger charge is -2.35. The van der Waals surface area contributed by atoms with E-state index >= 15 is 0 Å². The maximum Gasteiger partial charge on any atom is 0.521 e. The zero-order valence-corrected chi connectivity index (χ0v) is 25.3. The number of nitrogens with zero attached hydrogens (tertiary/aromatic N) is 1. The molecular formula is C22H38Cl2N3O10P2+. The van der Waals surface area contributed by atoms with Crippen molar-refractivity contribution in [2.45, 2.75) is 56.8 Å². The summed E-state index contributed by atoms with van der Waals surface area (Å²) >= 11 is 12.0. The third-order valence-electron chi connectivity index (χ3n) is 5.82. The van der Waals surface area contributed by atoms with Crippen molar-refractivity contribution in [1.29, 1.82) is 0 Å². The molecule has 0 saturated heterocycles. The first-order valence-corrected chi connectivity index (χ1v) is 16.2. The van der Waals surface area contributed by atoms with Gasteiger partial charge in [0.1, 0.15) is 24.4 Å². The zero-order chi connectivity index (χ0) is 30.3. The molecule has 39 heavy (non-hydrogen) atoms. The lowest BCUT2D eigenvalue weighted by Crippen LogP contribution is -2.58. The predicted octanol–water partition coefficient (Wildman–Crippen LogP) is 2.17. The van der Waals surface area contributed by atoms with Crippen molar-refractivity contribution in [3.05, 3.63) is 29.8 Å². The van der Waals surface area contributed by atoms with Crippen LogP contribution in [0.2, 0.25) is 0 Å². The average Bonchev–Trinajstić information content (AvgIpc) is 2.79. The molecule has 17 heteroatoms. The number of benzene rings is 1. The molecule has 13 nitrogen and oxygen atoms in total. The highest BCUT2D eigenvalue weighted by molar-refractivity contribution is 7.72. The van der Waals surface area contributed by atoms with E-state index in [4.69, 9.17) is 53.2 Å². The molecule has 0 spiro atoms. The second-order valence-electron chi connectivity index (χ2n) is 10.0. The van der Waals surface area contributed by atoms with Gasteiger partial charge in [-0.2, -0.15) is 9.28 Å². The Bertz CT molecular complexity index is 1040. The minimum atomic E-state index is -5.57. The Morgan fingerprint density at radius 3 is 1.92 bits per heavy atom. The largest absolute Gasteiger partial charge is 0.521 e. The number of amides is 2. The fourth-order valence-corrected chi connectivity index (χ4v) is 6.52. The van der Waals surface area contributed by atoms with E-state index in [1.807, 2.05) is 0 Å². The lowest BCUT2D eigenvalue weighted by atomic mass is 10.0. The molecule has 1 rings (SSSR count). The Hall–Kier alpha value is -1.08. The molecule has 224 valence electrons. The van der Waals surface area contributed by atoms with Crippen molar-refractivity contribution < 1.29 is 48.1 Å². The number of carbonyl (C=O) groups excluding carboxylic acids is 2. The number of halogens is 2. The molecule has 1 aromatic rings. The SMILES string of the molecule is CC(C)(C)OC(=O)[N+](CCCl)(CCCl)c1ccc(C[C@H](N)C(=O)NCCCC(O)(P(=O)(O)O)P(=O)(O)O)cc1. The van der Waals surface area contributed by atoms with Gasteiger partial charge in [-0.15, -0.1) is 23.2 Å². The van der Waals surface area contributed by atoms with Crippen LogP contribution >= 0.6 is 38.4 Å². The summed E-state index contributed by atoms with van der Waals surface area (Å²) in [6.45, 7) is 5.50. The quantitative estimate of drug-likeness (QED) is 0.0679. The molecule has 0 saturated carbocycles. The first kappa shape index (κ1) is 35.9. The molecule has 1 atom stereocenters. The average molecular weight is 637 g/mol. The third-order valence-corrected chi connectivity index (χ3v) is 10.0. The summed E-state index contributed by atoms with van der Waals surface area (Å²) in [7, 11) is -11.1. The lowest BCUT2D eigenvalue weighted by molar-refractivity contribution is -0.122. The maximum atomic E-state index is 13.2. The Balaban J connectivity index is 2.90. The summed E-state index contributed by atoms with van der Waals surface area (Å²) in [5.74, 6) is -0.288. The highest BCUT2D eigenvalue weighted by atomic mass is 35.5. The van der Waals surface area contributed by atoms with Crippen molar-refractivity contribution in [2.24, 2.45) is 5.73 Å². The van der Waals surface area contributed by atoms with Crippen molar-refractivity contribution in [3.8, 4) is 0 Å². The second kappa shape index (κ2) is 14.2. The molecule has 0 aliphatic carbocycles. The number of carbonyl (C=O) groups is 2. The van der Waals surface area contributed by atoms with Crippen molar-refractivity contribution >= 4 is 56.1 Å². The standard InChI is InChI=1S/C22H37Cl2N3O10P2/c1-21(2,3)37-20(29)27(13-10-23,14-11-24)17-7-5-16(6-8-17)15-18(25)19(28)26-12-4-9-22(30,38(31,32)33)39(34,35)36/h5-8,18,30H,4,9-15,25H2,1-3H3,(H4-,26,28,31,32,33,34,35,36)/p+1/t18-/m0/s1. The van der Waals surface area contributed by atoms with Gasteiger partial charge in [0.25, 0.3) is 5.08 Å². The van der Waals surface area contributed by atoms with Gasteiger partial charge in [-0.3, -0.25) is 13.9 Å². The van der Waals surface area contributed by atoms with E-state index in [2.05, 4.69) is 5.32 Å². The van der Waals surface area contributed by atoms with Crippen LogP contribution < -0.4 is 15.5 Å². The normalized spacial score (nSPS) is 14.1. The van der Waals surface area contributed by atoms with Crippen LogP contribution in [0.15, 0.2) is 24.3 Å². The van der Waals surface area contributed by atoms with Gasteiger partial charge in [-0.1, -0.05) is 12.1 Å². The topological polar surface area (TPSA) is 217 Å². The maximum absolute atomic E-state index is 13.2. The first-order chi connectivity index (χ1) is 17.7. The van der Waals surface area contributed by atoms with Crippen LogP contribution in [-0.2, 0) is 25.1 Å². The first-order valence-electron chi connectivity index (χ1n) is 11.9.